The van der Waals surface area contributed by atoms with Crippen LogP contribution in [0.2, 0.25) is 0 Å². The molecule has 0 aliphatic heterocycles. The molecule has 8 heteroatoms. The number of rotatable bonds is 10. The van der Waals surface area contributed by atoms with E-state index < -0.39 is 11.8 Å². The Morgan fingerprint density at radius 3 is 2.33 bits per heavy atom. The largest absolute Gasteiger partial charge is 0.361 e. The Labute approximate surface area is 271 Å². The minimum Gasteiger partial charge on any atom is -0.361 e. The molecule has 1 unspecified atom stereocenters. The van der Waals surface area contributed by atoms with Crippen LogP contribution in [0.4, 0.5) is 11.4 Å². The van der Waals surface area contributed by atoms with E-state index in [4.69, 9.17) is 0 Å². The number of hydrogen-bond donors (Lipinski definition) is 4. The van der Waals surface area contributed by atoms with E-state index >= 15 is 0 Å². The van der Waals surface area contributed by atoms with Gasteiger partial charge < -0.3 is 20.9 Å². The van der Waals surface area contributed by atoms with Crippen molar-refractivity contribution in [2.75, 3.05) is 10.6 Å². The van der Waals surface area contributed by atoms with Crippen molar-refractivity contribution in [3.63, 3.8) is 0 Å². The van der Waals surface area contributed by atoms with E-state index in [0.717, 1.165) is 37.8 Å². The van der Waals surface area contributed by atoms with Gasteiger partial charge in [0, 0.05) is 49.9 Å². The quantitative estimate of drug-likeness (QED) is 0.0911. The second-order valence-electron chi connectivity index (χ2n) is 10.7. The van der Waals surface area contributed by atoms with Crippen LogP contribution in [0, 0.1) is 0 Å². The van der Waals surface area contributed by atoms with Gasteiger partial charge in [-0.05, 0) is 60.3 Å². The first-order valence-electron chi connectivity index (χ1n) is 15.0. The zero-order valence-corrected chi connectivity index (χ0v) is 25.9. The first kappa shape index (κ1) is 30.4. The van der Waals surface area contributed by atoms with Crippen molar-refractivity contribution in [2.45, 2.75) is 23.5 Å². The van der Waals surface area contributed by atoms with Crippen LogP contribution in [-0.2, 0) is 9.59 Å². The van der Waals surface area contributed by atoms with E-state index in [9.17, 15) is 14.4 Å². The molecule has 0 spiro atoms. The van der Waals surface area contributed by atoms with Gasteiger partial charge in [0.1, 0.15) is 5.70 Å². The first-order valence-corrected chi connectivity index (χ1v) is 15.9. The number of thioether (sulfide) groups is 1. The molecule has 1 aromatic heterocycles. The molecule has 0 saturated heterocycles. The number of fused-ring (bicyclic) bond motifs is 2. The summed E-state index contributed by atoms with van der Waals surface area (Å²) in [7, 11) is 0. The lowest BCUT2D eigenvalue weighted by atomic mass is 10.1. The molecule has 6 rings (SSSR count). The standard InChI is InChI=1S/C38H32N4O3S/c1-2-35(38(45)41-33-21-10-15-25-12-6-7-18-30(25)33)46-29-17-11-16-28(23-29)40-37(44)34(42-36(43)26-13-4-3-5-14-26)22-27-24-39-32-20-9-8-19-31(27)32/h3-24,35,39H,2H2,1H3,(H,40,44)(H,41,45)(H,42,43)/b34-22-. The van der Waals surface area contributed by atoms with Gasteiger partial charge in [0.15, 0.2) is 0 Å². The van der Waals surface area contributed by atoms with Gasteiger partial charge in [-0.1, -0.05) is 85.8 Å². The highest BCUT2D eigenvalue weighted by Crippen LogP contribution is 2.30. The van der Waals surface area contributed by atoms with Crippen molar-refractivity contribution in [3.05, 3.63) is 144 Å². The first-order chi connectivity index (χ1) is 22.5. The number of benzene rings is 5. The minimum absolute atomic E-state index is 0.0918. The fourth-order valence-corrected chi connectivity index (χ4v) is 6.20. The van der Waals surface area contributed by atoms with Crippen molar-refractivity contribution in [3.8, 4) is 0 Å². The molecular weight excluding hydrogens is 593 g/mol. The summed E-state index contributed by atoms with van der Waals surface area (Å²) in [4.78, 5) is 44.2. The number of nitrogens with one attached hydrogen (secondary N) is 4. The second kappa shape index (κ2) is 14.0. The lowest BCUT2D eigenvalue weighted by molar-refractivity contribution is -0.116. The van der Waals surface area contributed by atoms with Gasteiger partial charge in [-0.3, -0.25) is 14.4 Å². The molecule has 0 aliphatic rings. The zero-order chi connectivity index (χ0) is 31.9. The number of H-pyrrole nitrogens is 1. The summed E-state index contributed by atoms with van der Waals surface area (Å²) in [6.07, 6.45) is 4.08. The molecule has 0 radical (unpaired) electrons. The van der Waals surface area contributed by atoms with Crippen molar-refractivity contribution in [1.29, 1.82) is 0 Å². The van der Waals surface area contributed by atoms with Crippen LogP contribution >= 0.6 is 11.8 Å². The third-order valence-electron chi connectivity index (χ3n) is 7.53. The molecule has 0 aliphatic carbocycles. The van der Waals surface area contributed by atoms with Gasteiger partial charge >= 0.3 is 0 Å². The van der Waals surface area contributed by atoms with Crippen LogP contribution in [0.5, 0.6) is 0 Å². The monoisotopic (exact) mass is 624 g/mol. The maximum atomic E-state index is 13.7. The fourth-order valence-electron chi connectivity index (χ4n) is 5.19. The van der Waals surface area contributed by atoms with E-state index in [-0.39, 0.29) is 16.9 Å². The van der Waals surface area contributed by atoms with E-state index in [1.807, 2.05) is 97.9 Å². The zero-order valence-electron chi connectivity index (χ0n) is 25.1. The Morgan fingerprint density at radius 1 is 0.783 bits per heavy atom. The van der Waals surface area contributed by atoms with Crippen LogP contribution in [0.25, 0.3) is 27.8 Å². The number of para-hydroxylation sites is 1. The highest BCUT2D eigenvalue weighted by atomic mass is 32.2. The normalized spacial score (nSPS) is 12.1. The van der Waals surface area contributed by atoms with Gasteiger partial charge in [0.25, 0.3) is 11.8 Å². The molecule has 228 valence electrons. The summed E-state index contributed by atoms with van der Waals surface area (Å²) in [6.45, 7) is 1.98. The SMILES string of the molecule is CCC(Sc1cccc(NC(=O)/C(=C/c2c[nH]c3ccccc23)NC(=O)c2ccccc2)c1)C(=O)Nc1cccc2ccccc12. The van der Waals surface area contributed by atoms with Crippen LogP contribution in [-0.4, -0.2) is 28.0 Å². The Hall–Kier alpha value is -5.60. The van der Waals surface area contributed by atoms with Gasteiger partial charge in [-0.2, -0.15) is 0 Å². The number of carbonyl (C=O) groups is 3. The summed E-state index contributed by atoms with van der Waals surface area (Å²) in [5.41, 5.74) is 3.53. The third kappa shape index (κ3) is 7.03. The summed E-state index contributed by atoms with van der Waals surface area (Å²) in [5, 5.41) is 11.5. The van der Waals surface area contributed by atoms with Gasteiger partial charge in [0.2, 0.25) is 5.91 Å². The summed E-state index contributed by atoms with van der Waals surface area (Å²) < 4.78 is 0. The van der Waals surface area contributed by atoms with Crippen molar-refractivity contribution in [1.82, 2.24) is 10.3 Å². The predicted octanol–water partition coefficient (Wildman–Crippen LogP) is 8.24. The van der Waals surface area contributed by atoms with Crippen molar-refractivity contribution < 1.29 is 14.4 Å². The molecule has 4 N–H and O–H groups in total. The highest BCUT2D eigenvalue weighted by Gasteiger charge is 2.20. The van der Waals surface area contributed by atoms with E-state index in [0.29, 0.717) is 17.7 Å². The molecule has 0 saturated carbocycles. The van der Waals surface area contributed by atoms with E-state index in [1.54, 1.807) is 42.6 Å². The Kier molecular flexibility index (Phi) is 9.27. The van der Waals surface area contributed by atoms with Gasteiger partial charge in [-0.15, -0.1) is 11.8 Å². The van der Waals surface area contributed by atoms with Gasteiger partial charge in [0.05, 0.1) is 5.25 Å². The maximum Gasteiger partial charge on any atom is 0.272 e. The van der Waals surface area contributed by atoms with E-state index in [1.165, 1.54) is 11.8 Å². The van der Waals surface area contributed by atoms with Gasteiger partial charge in [-0.25, -0.2) is 0 Å². The molecular formula is C38H32N4O3S. The van der Waals surface area contributed by atoms with Crippen LogP contribution in [0.15, 0.2) is 138 Å². The molecule has 0 bridgehead atoms. The molecule has 6 aromatic rings. The molecule has 46 heavy (non-hydrogen) atoms. The number of anilines is 2. The van der Waals surface area contributed by atoms with Crippen LogP contribution in [0.1, 0.15) is 29.3 Å². The van der Waals surface area contributed by atoms with E-state index in [2.05, 4.69) is 20.9 Å². The third-order valence-corrected chi connectivity index (χ3v) is 8.89. The van der Waals surface area contributed by atoms with Crippen LogP contribution < -0.4 is 16.0 Å². The maximum absolute atomic E-state index is 13.7. The fraction of sp³-hybridized carbons (Fsp3) is 0.0789. The number of carbonyl (C=O) groups excluding carboxylic acids is 3. The predicted molar refractivity (Wildman–Crippen MR) is 188 cm³/mol. The minimum atomic E-state index is -0.475. The molecule has 5 aromatic carbocycles. The Balaban J connectivity index is 1.20. The van der Waals surface area contributed by atoms with Crippen molar-refractivity contribution >= 4 is 68.6 Å². The summed E-state index contributed by atoms with van der Waals surface area (Å²) in [5.74, 6) is -0.961. The molecule has 7 nitrogen and oxygen atoms in total. The van der Waals surface area contributed by atoms with Crippen LogP contribution in [0.3, 0.4) is 0 Å². The number of hydrogen-bond acceptors (Lipinski definition) is 4. The average Bonchev–Trinajstić information content (AvgIpc) is 3.50. The van der Waals surface area contributed by atoms with Crippen molar-refractivity contribution in [2.24, 2.45) is 0 Å². The highest BCUT2D eigenvalue weighted by molar-refractivity contribution is 8.00. The molecule has 1 atom stereocenters. The smallest absolute Gasteiger partial charge is 0.272 e. The lowest BCUT2D eigenvalue weighted by Gasteiger charge is -2.17. The number of aromatic amines is 1. The second-order valence-corrected chi connectivity index (χ2v) is 12.0. The number of aromatic nitrogens is 1. The molecule has 3 amide bonds. The Morgan fingerprint density at radius 2 is 1.50 bits per heavy atom. The topological polar surface area (TPSA) is 103 Å². The molecule has 0 fully saturated rings. The average molecular weight is 625 g/mol. The molecule has 1 heterocycles. The number of amides is 3. The summed E-state index contributed by atoms with van der Waals surface area (Å²) >= 11 is 1.43. The Bertz CT molecular complexity index is 2060. The summed E-state index contributed by atoms with van der Waals surface area (Å²) in [6, 6.07) is 37.7. The lowest BCUT2D eigenvalue weighted by Crippen LogP contribution is -2.30.